The fourth-order valence-electron chi connectivity index (χ4n) is 1.39. The van der Waals surface area contributed by atoms with Crippen molar-refractivity contribution in [1.29, 1.82) is 0 Å². The number of aryl methyl sites for hydroxylation is 1. The van der Waals surface area contributed by atoms with E-state index in [4.69, 9.17) is 20.2 Å². The van der Waals surface area contributed by atoms with Gasteiger partial charge in [-0.2, -0.15) is 0 Å². The van der Waals surface area contributed by atoms with E-state index in [1.165, 1.54) is 6.07 Å². The van der Waals surface area contributed by atoms with Crippen molar-refractivity contribution >= 4 is 19.7 Å². The number of benzene rings is 1. The average molecular weight is 279 g/mol. The van der Waals surface area contributed by atoms with E-state index in [1.54, 1.807) is 33.1 Å². The lowest BCUT2D eigenvalue weighted by Gasteiger charge is -2.16. The van der Waals surface area contributed by atoms with Gasteiger partial charge in [-0.3, -0.25) is 0 Å². The van der Waals surface area contributed by atoms with E-state index in [1.807, 2.05) is 0 Å². The second-order valence-corrected chi connectivity index (χ2v) is 6.31. The van der Waals surface area contributed by atoms with Crippen LogP contribution in [-0.4, -0.2) is 28.2 Å². The summed E-state index contributed by atoms with van der Waals surface area (Å²) >= 11 is 0. The zero-order chi connectivity index (χ0) is 13.1. The predicted octanol–water partition coefficient (Wildman–Crippen LogP) is 2.34. The smallest absolute Gasteiger partial charge is 0.264 e. The van der Waals surface area contributed by atoms with Gasteiger partial charge in [0.1, 0.15) is 16.7 Å². The maximum Gasteiger partial charge on any atom is 0.264 e. The summed E-state index contributed by atoms with van der Waals surface area (Å²) in [5.74, 6) is 0.246. The predicted molar refractivity (Wildman–Crippen MR) is 66.2 cm³/mol. The van der Waals surface area contributed by atoms with Gasteiger partial charge in [0.2, 0.25) is 0 Å². The molecule has 0 bridgehead atoms. The highest BCUT2D eigenvalue weighted by molar-refractivity contribution is 8.13. The molecule has 0 aromatic heterocycles. The van der Waals surface area contributed by atoms with Crippen LogP contribution >= 0.6 is 10.7 Å². The Labute approximate surface area is 106 Å². The Balaban J connectivity index is 3.07. The van der Waals surface area contributed by atoms with Gasteiger partial charge in [-0.05, 0) is 31.5 Å². The summed E-state index contributed by atoms with van der Waals surface area (Å²) in [5.41, 5.74) is 0.802. The van der Waals surface area contributed by atoms with Crippen LogP contribution in [-0.2, 0) is 13.8 Å². The van der Waals surface area contributed by atoms with Gasteiger partial charge in [0, 0.05) is 17.8 Å². The molecule has 4 nitrogen and oxygen atoms in total. The summed E-state index contributed by atoms with van der Waals surface area (Å²) in [6.07, 6.45) is -0.250. The minimum Gasteiger partial charge on any atom is -0.487 e. The van der Waals surface area contributed by atoms with Crippen LogP contribution in [0.5, 0.6) is 5.75 Å². The Morgan fingerprint density at radius 1 is 1.41 bits per heavy atom. The summed E-state index contributed by atoms with van der Waals surface area (Å²) in [5, 5.41) is 0. The number of hydrogen-bond acceptors (Lipinski definition) is 4. The first-order chi connectivity index (χ1) is 7.84. The molecule has 0 heterocycles. The Morgan fingerprint density at radius 2 is 2.06 bits per heavy atom. The Hall–Kier alpha value is -0.780. The molecule has 0 aliphatic rings. The summed E-state index contributed by atoms with van der Waals surface area (Å²) in [6, 6.07) is 4.84. The molecule has 1 aromatic carbocycles. The second-order valence-electron chi connectivity index (χ2n) is 3.77. The largest absolute Gasteiger partial charge is 0.487 e. The van der Waals surface area contributed by atoms with Gasteiger partial charge >= 0.3 is 0 Å². The fraction of sp³-hybridized carbons (Fsp3) is 0.455. The maximum absolute atomic E-state index is 11.4. The fourth-order valence-corrected chi connectivity index (χ4v) is 2.43. The molecule has 0 N–H and O–H groups in total. The van der Waals surface area contributed by atoms with Gasteiger partial charge in [0.05, 0.1) is 6.61 Å². The van der Waals surface area contributed by atoms with Crippen molar-refractivity contribution in [3.63, 3.8) is 0 Å². The molecule has 17 heavy (non-hydrogen) atoms. The Morgan fingerprint density at radius 3 is 2.59 bits per heavy atom. The van der Waals surface area contributed by atoms with E-state index < -0.39 is 9.05 Å². The molecular formula is C11H15ClO4S. The van der Waals surface area contributed by atoms with Crippen molar-refractivity contribution in [2.45, 2.75) is 24.8 Å². The highest BCUT2D eigenvalue weighted by Gasteiger charge is 2.18. The van der Waals surface area contributed by atoms with Gasteiger partial charge in [-0.15, -0.1) is 0 Å². The van der Waals surface area contributed by atoms with Crippen molar-refractivity contribution in [1.82, 2.24) is 0 Å². The Kier molecular flexibility index (Phi) is 4.80. The molecular weight excluding hydrogens is 264 g/mol. The van der Waals surface area contributed by atoms with Gasteiger partial charge in [0.15, 0.2) is 0 Å². The molecule has 0 saturated heterocycles. The number of methoxy groups -OCH3 is 1. The number of ether oxygens (including phenoxy) is 2. The Bertz CT molecular complexity index is 484. The van der Waals surface area contributed by atoms with Gasteiger partial charge in [-0.25, -0.2) is 8.42 Å². The lowest BCUT2D eigenvalue weighted by Crippen LogP contribution is -2.19. The normalized spacial score (nSPS) is 13.4. The monoisotopic (exact) mass is 278 g/mol. The molecule has 96 valence electrons. The molecule has 1 atom stereocenters. The van der Waals surface area contributed by atoms with E-state index in [-0.39, 0.29) is 16.7 Å². The third-order valence-corrected chi connectivity index (χ3v) is 3.43. The van der Waals surface area contributed by atoms with Crippen LogP contribution in [0.2, 0.25) is 0 Å². The van der Waals surface area contributed by atoms with Gasteiger partial charge < -0.3 is 9.47 Å². The molecule has 0 amide bonds. The van der Waals surface area contributed by atoms with E-state index in [0.717, 1.165) is 5.56 Å². The van der Waals surface area contributed by atoms with E-state index >= 15 is 0 Å². The minimum absolute atomic E-state index is 0.0119. The topological polar surface area (TPSA) is 52.6 Å². The van der Waals surface area contributed by atoms with Crippen molar-refractivity contribution in [2.75, 3.05) is 13.7 Å². The second kappa shape index (κ2) is 5.71. The van der Waals surface area contributed by atoms with E-state index in [9.17, 15) is 8.42 Å². The third kappa shape index (κ3) is 4.18. The standard InChI is InChI=1S/C11H15ClO4S/c1-8-4-5-10(16-9(2)7-15-3)11(6-8)17(12,13)14/h4-6,9H,7H2,1-3H3. The van der Waals surface area contributed by atoms with Crippen LogP contribution in [0.25, 0.3) is 0 Å². The SMILES string of the molecule is COCC(C)Oc1ccc(C)cc1S(=O)(=O)Cl. The maximum atomic E-state index is 11.4. The molecule has 0 saturated carbocycles. The van der Waals surface area contributed by atoms with Crippen LogP contribution in [0.4, 0.5) is 0 Å². The molecule has 6 heteroatoms. The van der Waals surface area contributed by atoms with Gasteiger partial charge in [0.25, 0.3) is 9.05 Å². The quantitative estimate of drug-likeness (QED) is 0.776. The lowest BCUT2D eigenvalue weighted by molar-refractivity contribution is 0.0901. The van der Waals surface area contributed by atoms with Crippen molar-refractivity contribution in [3.8, 4) is 5.75 Å². The van der Waals surface area contributed by atoms with Crippen LogP contribution in [0.15, 0.2) is 23.1 Å². The van der Waals surface area contributed by atoms with Crippen LogP contribution < -0.4 is 4.74 Å². The number of halogens is 1. The molecule has 1 rings (SSSR count). The molecule has 0 fully saturated rings. The van der Waals surface area contributed by atoms with E-state index in [2.05, 4.69) is 0 Å². The number of rotatable bonds is 5. The summed E-state index contributed by atoms with van der Waals surface area (Å²) in [7, 11) is 3.10. The molecule has 0 aliphatic carbocycles. The van der Waals surface area contributed by atoms with Crippen LogP contribution in [0.1, 0.15) is 12.5 Å². The molecule has 1 aromatic rings. The molecule has 1 unspecified atom stereocenters. The van der Waals surface area contributed by atoms with Crippen molar-refractivity contribution in [3.05, 3.63) is 23.8 Å². The minimum atomic E-state index is -3.81. The van der Waals surface area contributed by atoms with Crippen LogP contribution in [0.3, 0.4) is 0 Å². The summed E-state index contributed by atoms with van der Waals surface area (Å²) in [4.78, 5) is -0.0119. The van der Waals surface area contributed by atoms with E-state index in [0.29, 0.717) is 6.61 Å². The first-order valence-corrected chi connectivity index (χ1v) is 7.36. The first-order valence-electron chi connectivity index (χ1n) is 5.05. The van der Waals surface area contributed by atoms with Gasteiger partial charge in [-0.1, -0.05) is 6.07 Å². The summed E-state index contributed by atoms with van der Waals surface area (Å²) < 4.78 is 33.2. The molecule has 0 aliphatic heterocycles. The van der Waals surface area contributed by atoms with Crippen molar-refractivity contribution in [2.24, 2.45) is 0 Å². The third-order valence-electron chi connectivity index (χ3n) is 2.09. The zero-order valence-electron chi connectivity index (χ0n) is 9.94. The summed E-state index contributed by atoms with van der Waals surface area (Å²) in [6.45, 7) is 3.94. The van der Waals surface area contributed by atoms with Crippen molar-refractivity contribution < 1.29 is 17.9 Å². The first kappa shape index (κ1) is 14.3. The highest BCUT2D eigenvalue weighted by atomic mass is 35.7. The number of hydrogen-bond donors (Lipinski definition) is 0. The zero-order valence-corrected chi connectivity index (χ0v) is 11.5. The highest BCUT2D eigenvalue weighted by Crippen LogP contribution is 2.28. The molecule has 0 spiro atoms. The van der Waals surface area contributed by atoms with Crippen LogP contribution in [0, 0.1) is 6.92 Å². The molecule has 0 radical (unpaired) electrons. The average Bonchev–Trinajstić information content (AvgIpc) is 2.19. The lowest BCUT2D eigenvalue weighted by atomic mass is 10.2.